The summed E-state index contributed by atoms with van der Waals surface area (Å²) in [5.41, 5.74) is -1.31. The van der Waals surface area contributed by atoms with Gasteiger partial charge < -0.3 is 15.1 Å². The number of nitrogens with zero attached hydrogens (tertiary/aromatic N) is 2. The summed E-state index contributed by atoms with van der Waals surface area (Å²) in [6.07, 6.45) is 8.93. The number of rotatable bonds is 16. The number of piperidine rings is 1. The third-order valence-corrected chi connectivity index (χ3v) is 14.9. The second kappa shape index (κ2) is 15.3. The molecule has 3 saturated carbocycles. The summed E-state index contributed by atoms with van der Waals surface area (Å²) < 4.78 is 0. The highest BCUT2D eigenvalue weighted by Gasteiger charge is 2.85. The lowest BCUT2D eigenvalue weighted by Gasteiger charge is -2.38. The first kappa shape index (κ1) is 41.7. The zero-order valence-electron chi connectivity index (χ0n) is 34.8. The zero-order valence-corrected chi connectivity index (χ0v) is 34.8. The highest BCUT2D eigenvalue weighted by Crippen LogP contribution is 2.88. The van der Waals surface area contributed by atoms with Crippen LogP contribution in [0, 0.1) is 50.7 Å². The smallest absolute Gasteiger partial charge is 0.227 e. The van der Waals surface area contributed by atoms with E-state index in [4.69, 9.17) is 0 Å². The van der Waals surface area contributed by atoms with Crippen molar-refractivity contribution in [2.24, 2.45) is 50.7 Å². The van der Waals surface area contributed by atoms with E-state index in [2.05, 4.69) is 31.0 Å². The molecule has 3 aliphatic carbocycles. The summed E-state index contributed by atoms with van der Waals surface area (Å²) in [6.45, 7) is 23.5. The van der Waals surface area contributed by atoms with Crippen molar-refractivity contribution in [1.82, 2.24) is 15.1 Å². The summed E-state index contributed by atoms with van der Waals surface area (Å²) in [5, 5.41) is 3.14. The maximum absolute atomic E-state index is 15.1. The largest absolute Gasteiger partial charge is 0.345 e. The molecule has 1 N–H and O–H groups in total. The Labute approximate surface area is 319 Å². The van der Waals surface area contributed by atoms with Crippen molar-refractivity contribution in [3.63, 3.8) is 0 Å². The summed E-state index contributed by atoms with van der Waals surface area (Å²) in [6, 6.07) is -1.46. The third kappa shape index (κ3) is 7.98. The van der Waals surface area contributed by atoms with E-state index < -0.39 is 40.5 Å². The molecule has 2 aliphatic heterocycles. The van der Waals surface area contributed by atoms with Crippen LogP contribution in [0.2, 0.25) is 0 Å². The maximum atomic E-state index is 15.1. The van der Waals surface area contributed by atoms with Crippen molar-refractivity contribution >= 4 is 34.9 Å². The molecule has 0 aromatic heterocycles. The van der Waals surface area contributed by atoms with Gasteiger partial charge in [0.25, 0.3) is 0 Å². The number of nitrogens with one attached hydrogen (secondary N) is 1. The van der Waals surface area contributed by atoms with Crippen LogP contribution in [-0.2, 0) is 28.8 Å². The number of fused-ring (bicyclic) bond motifs is 1. The Kier molecular flexibility index (Phi) is 12.0. The summed E-state index contributed by atoms with van der Waals surface area (Å²) in [7, 11) is 0. The van der Waals surface area contributed by atoms with Crippen LogP contribution in [0.15, 0.2) is 0 Å². The van der Waals surface area contributed by atoms with Crippen molar-refractivity contribution in [1.29, 1.82) is 0 Å². The number of hydrogen-bond acceptors (Lipinski definition) is 7. The van der Waals surface area contributed by atoms with Crippen LogP contribution in [0.3, 0.4) is 0 Å². The van der Waals surface area contributed by atoms with Crippen molar-refractivity contribution in [2.75, 3.05) is 26.2 Å². The van der Waals surface area contributed by atoms with Crippen molar-refractivity contribution in [2.45, 2.75) is 165 Å². The number of likely N-dealkylation sites (tertiary alicyclic amines) is 2. The molecule has 298 valence electrons. The van der Waals surface area contributed by atoms with Gasteiger partial charge in [-0.2, -0.15) is 0 Å². The molecule has 0 aromatic rings. The summed E-state index contributed by atoms with van der Waals surface area (Å²) in [5.74, 6) is -2.63. The van der Waals surface area contributed by atoms with Crippen LogP contribution in [-0.4, -0.2) is 83.0 Å². The van der Waals surface area contributed by atoms with Gasteiger partial charge in [0.05, 0.1) is 18.0 Å². The van der Waals surface area contributed by atoms with Crippen LogP contribution < -0.4 is 5.32 Å². The highest BCUT2D eigenvalue weighted by molar-refractivity contribution is 6.38. The second-order valence-corrected chi connectivity index (χ2v) is 20.5. The molecular weight excluding hydrogens is 666 g/mol. The number of carbonyl (C=O) groups excluding carboxylic acids is 6. The van der Waals surface area contributed by atoms with Crippen LogP contribution in [0.4, 0.5) is 0 Å². The zero-order chi connectivity index (χ0) is 39.3. The molecule has 9 heteroatoms. The molecule has 0 aromatic carbocycles. The quantitative estimate of drug-likeness (QED) is 0.170. The molecule has 2 heterocycles. The molecule has 0 bridgehead atoms. The fourth-order valence-corrected chi connectivity index (χ4v) is 11.0. The van der Waals surface area contributed by atoms with E-state index in [0.29, 0.717) is 38.3 Å². The predicted molar refractivity (Wildman–Crippen MR) is 207 cm³/mol. The molecule has 6 atom stereocenters. The SMILES string of the molecule is CCC[C@H](CC(=O)[C@@H]1C[C@@]2(CN1C(=O)[C@@H](CC(=O)[C@@H](NC(=O)[C@H]1CCCN(CC)C1)C(C)(C)C)C(C)(C)C)C(C)(C)C21CCC1)C(=O)C(=O)CC1CC1. The van der Waals surface area contributed by atoms with E-state index in [1.165, 1.54) is 0 Å². The molecular formula is C44H71N3O6. The molecule has 53 heavy (non-hydrogen) atoms. The summed E-state index contributed by atoms with van der Waals surface area (Å²) in [4.78, 5) is 88.1. The number of carbonyl (C=O) groups is 6. The van der Waals surface area contributed by atoms with Gasteiger partial charge in [0.2, 0.25) is 17.6 Å². The Balaban J connectivity index is 1.39. The monoisotopic (exact) mass is 738 g/mol. The molecule has 2 amide bonds. The Morgan fingerprint density at radius 3 is 2.02 bits per heavy atom. The molecule has 2 spiro atoms. The molecule has 9 nitrogen and oxygen atoms in total. The second-order valence-electron chi connectivity index (χ2n) is 20.5. The van der Waals surface area contributed by atoms with Gasteiger partial charge in [-0.25, -0.2) is 0 Å². The van der Waals surface area contributed by atoms with Gasteiger partial charge in [-0.1, -0.05) is 82.1 Å². The fourth-order valence-electron chi connectivity index (χ4n) is 11.0. The fraction of sp³-hybridized carbons (Fsp3) is 0.864. The Bertz CT molecular complexity index is 1450. The van der Waals surface area contributed by atoms with Crippen LogP contribution in [0.25, 0.3) is 0 Å². The van der Waals surface area contributed by atoms with Gasteiger partial charge in [0, 0.05) is 49.6 Å². The predicted octanol–water partition coefficient (Wildman–Crippen LogP) is 6.98. The van der Waals surface area contributed by atoms with Gasteiger partial charge in [-0.05, 0) is 92.0 Å². The Morgan fingerprint density at radius 2 is 1.51 bits per heavy atom. The minimum Gasteiger partial charge on any atom is -0.345 e. The average molecular weight is 738 g/mol. The number of ketones is 4. The Hall–Kier alpha value is -2.42. The molecule has 0 radical (unpaired) electrons. The van der Waals surface area contributed by atoms with Gasteiger partial charge in [0.15, 0.2) is 17.3 Å². The van der Waals surface area contributed by atoms with Crippen molar-refractivity contribution in [3.05, 3.63) is 0 Å². The molecule has 5 aliphatic rings. The first-order valence-corrected chi connectivity index (χ1v) is 21.1. The van der Waals surface area contributed by atoms with E-state index in [-0.39, 0.29) is 70.6 Å². The normalized spacial score (nSPS) is 28.2. The molecule has 5 fully saturated rings. The van der Waals surface area contributed by atoms with Gasteiger partial charge >= 0.3 is 0 Å². The van der Waals surface area contributed by atoms with E-state index in [9.17, 15) is 24.0 Å². The van der Waals surface area contributed by atoms with E-state index in [1.54, 1.807) is 4.90 Å². The first-order valence-electron chi connectivity index (χ1n) is 21.1. The minimum absolute atomic E-state index is 0.0328. The van der Waals surface area contributed by atoms with Crippen molar-refractivity contribution in [3.8, 4) is 0 Å². The third-order valence-electron chi connectivity index (χ3n) is 14.9. The molecule has 0 unspecified atom stereocenters. The van der Waals surface area contributed by atoms with Crippen molar-refractivity contribution < 1.29 is 28.8 Å². The highest BCUT2D eigenvalue weighted by atomic mass is 16.2. The van der Waals surface area contributed by atoms with Crippen LogP contribution in [0.1, 0.15) is 153 Å². The van der Waals surface area contributed by atoms with Gasteiger partial charge in [0.1, 0.15) is 0 Å². The van der Waals surface area contributed by atoms with Gasteiger partial charge in [-0.3, -0.25) is 28.8 Å². The minimum atomic E-state index is -0.762. The number of hydrogen-bond donors (Lipinski definition) is 1. The standard InChI is InChI=1S/C44H71N3O6/c1-11-15-29(36(51)34(49)22-28-17-18-28)23-33(48)32-25-44(42(9,10)43(44)19-14-20-43)27-47(32)39(53)31(40(3,4)5)24-35(50)37(41(6,7)8)45-38(52)30-16-13-21-46(12-2)26-30/h28-32,37H,11-27H2,1-10H3,(H,45,52)/t29-,30+,31-,32+,37-,44-/m1/s1. The van der Waals surface area contributed by atoms with Crippen LogP contribution in [0.5, 0.6) is 0 Å². The van der Waals surface area contributed by atoms with E-state index in [0.717, 1.165) is 58.0 Å². The van der Waals surface area contributed by atoms with E-state index in [1.807, 2.05) is 48.5 Å². The van der Waals surface area contributed by atoms with Gasteiger partial charge in [-0.15, -0.1) is 0 Å². The maximum Gasteiger partial charge on any atom is 0.227 e. The first-order chi connectivity index (χ1) is 24.6. The lowest BCUT2D eigenvalue weighted by Crippen LogP contribution is -2.54. The lowest BCUT2D eigenvalue weighted by atomic mass is 9.73. The molecule has 2 saturated heterocycles. The number of amides is 2. The van der Waals surface area contributed by atoms with E-state index >= 15 is 4.79 Å². The van der Waals surface area contributed by atoms with Crippen LogP contribution >= 0.6 is 0 Å². The number of Topliss-reactive ketones (excluding diaryl/α,β-unsaturated/α-hetero) is 4. The summed E-state index contributed by atoms with van der Waals surface area (Å²) >= 11 is 0. The Morgan fingerprint density at radius 1 is 0.849 bits per heavy atom. The molecule has 5 rings (SSSR count). The average Bonchev–Trinajstić information content (AvgIpc) is 3.89. The lowest BCUT2D eigenvalue weighted by molar-refractivity contribution is -0.147. The topological polar surface area (TPSA) is 121 Å².